The fraction of sp³-hybridized carbons (Fsp3) is 0.467. The van der Waals surface area contributed by atoms with Crippen LogP contribution in [-0.4, -0.2) is 24.1 Å². The number of benzene rings is 1. The van der Waals surface area contributed by atoms with Crippen LogP contribution in [0.1, 0.15) is 39.3 Å². The van der Waals surface area contributed by atoms with E-state index < -0.39 is 11.7 Å². The maximum atomic E-state index is 12.8. The zero-order valence-electron chi connectivity index (χ0n) is 12.7. The third kappa shape index (κ3) is 6.74. The lowest BCUT2D eigenvalue weighted by molar-refractivity contribution is -0.120. The Hall–Kier alpha value is -2.11. The van der Waals surface area contributed by atoms with Crippen LogP contribution >= 0.6 is 0 Å². The van der Waals surface area contributed by atoms with Crippen LogP contribution in [-0.2, 0) is 9.53 Å². The van der Waals surface area contributed by atoms with E-state index >= 15 is 0 Å². The Morgan fingerprint density at radius 1 is 1.24 bits per heavy atom. The summed E-state index contributed by atoms with van der Waals surface area (Å²) in [5.41, 5.74) is 0.170. The van der Waals surface area contributed by atoms with Gasteiger partial charge in [-0.3, -0.25) is 4.79 Å². The van der Waals surface area contributed by atoms with E-state index in [2.05, 4.69) is 10.6 Å². The van der Waals surface area contributed by atoms with Crippen molar-refractivity contribution in [1.29, 1.82) is 0 Å². The highest BCUT2D eigenvalue weighted by Crippen LogP contribution is 2.12. The van der Waals surface area contributed by atoms with Gasteiger partial charge in [0.1, 0.15) is 18.0 Å². The standard InChI is InChI=1S/C15H21FN2O3/c1-10(11-5-7-12(16)8-6-11)18-13(19)9-17-14(20)21-15(2,3)4/h5-8,10H,9H2,1-4H3,(H,17,20)(H,18,19). The predicted octanol–water partition coefficient (Wildman–Crippen LogP) is 2.53. The lowest BCUT2D eigenvalue weighted by atomic mass is 10.1. The van der Waals surface area contributed by atoms with E-state index in [1.165, 1.54) is 12.1 Å². The van der Waals surface area contributed by atoms with E-state index in [-0.39, 0.29) is 24.3 Å². The Labute approximate surface area is 123 Å². The molecule has 0 saturated heterocycles. The minimum absolute atomic E-state index is 0.180. The van der Waals surface area contributed by atoms with Crippen LogP contribution in [0.15, 0.2) is 24.3 Å². The number of rotatable bonds is 4. The minimum Gasteiger partial charge on any atom is -0.444 e. The molecule has 1 unspecified atom stereocenters. The molecule has 1 aromatic rings. The van der Waals surface area contributed by atoms with Gasteiger partial charge in [-0.25, -0.2) is 9.18 Å². The van der Waals surface area contributed by atoms with Crippen molar-refractivity contribution < 1.29 is 18.7 Å². The van der Waals surface area contributed by atoms with Crippen LogP contribution in [0.4, 0.5) is 9.18 Å². The SMILES string of the molecule is CC(NC(=O)CNC(=O)OC(C)(C)C)c1ccc(F)cc1. The molecule has 0 bridgehead atoms. The lowest BCUT2D eigenvalue weighted by Crippen LogP contribution is -2.40. The summed E-state index contributed by atoms with van der Waals surface area (Å²) in [6.45, 7) is 6.81. The Morgan fingerprint density at radius 2 is 1.81 bits per heavy atom. The first-order valence-electron chi connectivity index (χ1n) is 6.69. The third-order valence-electron chi connectivity index (χ3n) is 2.54. The lowest BCUT2D eigenvalue weighted by Gasteiger charge is -2.20. The third-order valence-corrected chi connectivity index (χ3v) is 2.54. The number of halogens is 1. The summed E-state index contributed by atoms with van der Waals surface area (Å²) >= 11 is 0. The monoisotopic (exact) mass is 296 g/mol. The molecular weight excluding hydrogens is 275 g/mol. The number of carbonyl (C=O) groups is 2. The molecule has 116 valence electrons. The average Bonchev–Trinajstić information content (AvgIpc) is 2.35. The van der Waals surface area contributed by atoms with E-state index in [1.807, 2.05) is 0 Å². The zero-order chi connectivity index (χ0) is 16.0. The Morgan fingerprint density at radius 3 is 2.33 bits per heavy atom. The zero-order valence-corrected chi connectivity index (χ0v) is 12.7. The molecule has 1 aromatic carbocycles. The topological polar surface area (TPSA) is 67.4 Å². The molecule has 0 radical (unpaired) electrons. The smallest absolute Gasteiger partial charge is 0.408 e. The molecule has 0 fully saturated rings. The number of ether oxygens (including phenoxy) is 1. The van der Waals surface area contributed by atoms with Gasteiger partial charge < -0.3 is 15.4 Å². The second-order valence-electron chi connectivity index (χ2n) is 5.70. The summed E-state index contributed by atoms with van der Waals surface area (Å²) in [5.74, 6) is -0.679. The van der Waals surface area contributed by atoms with Crippen molar-refractivity contribution in [3.8, 4) is 0 Å². The Kier molecular flexibility index (Phi) is 5.69. The maximum absolute atomic E-state index is 12.8. The van der Waals surface area contributed by atoms with Crippen molar-refractivity contribution in [2.75, 3.05) is 6.54 Å². The van der Waals surface area contributed by atoms with Crippen LogP contribution in [0.3, 0.4) is 0 Å². The van der Waals surface area contributed by atoms with Crippen molar-refractivity contribution in [1.82, 2.24) is 10.6 Å². The molecule has 0 aromatic heterocycles. The molecule has 0 spiro atoms. The number of carbonyl (C=O) groups excluding carboxylic acids is 2. The summed E-state index contributed by atoms with van der Waals surface area (Å²) in [5, 5.41) is 5.07. The number of hydrogen-bond donors (Lipinski definition) is 2. The fourth-order valence-electron chi connectivity index (χ4n) is 1.59. The molecular formula is C15H21FN2O3. The van der Waals surface area contributed by atoms with E-state index in [0.29, 0.717) is 0 Å². The predicted molar refractivity (Wildman–Crippen MR) is 77.2 cm³/mol. The van der Waals surface area contributed by atoms with Gasteiger partial charge in [0.15, 0.2) is 0 Å². The highest BCUT2D eigenvalue weighted by Gasteiger charge is 2.17. The summed E-state index contributed by atoms with van der Waals surface area (Å²) in [4.78, 5) is 23.1. The highest BCUT2D eigenvalue weighted by molar-refractivity contribution is 5.82. The van der Waals surface area contributed by atoms with E-state index in [0.717, 1.165) is 5.56 Å². The van der Waals surface area contributed by atoms with Crippen molar-refractivity contribution >= 4 is 12.0 Å². The van der Waals surface area contributed by atoms with Gasteiger partial charge >= 0.3 is 6.09 Å². The fourth-order valence-corrected chi connectivity index (χ4v) is 1.59. The number of nitrogens with one attached hydrogen (secondary N) is 2. The molecule has 21 heavy (non-hydrogen) atoms. The molecule has 1 atom stereocenters. The normalized spacial score (nSPS) is 12.4. The first-order valence-corrected chi connectivity index (χ1v) is 6.69. The second kappa shape index (κ2) is 7.06. The van der Waals surface area contributed by atoms with Gasteiger partial charge in [-0.2, -0.15) is 0 Å². The molecule has 1 rings (SSSR count). The summed E-state index contributed by atoms with van der Waals surface area (Å²) in [6, 6.07) is 5.58. The molecule has 5 nitrogen and oxygen atoms in total. The van der Waals surface area contributed by atoms with Crippen LogP contribution < -0.4 is 10.6 Å². The molecule has 0 heterocycles. The number of amides is 2. The summed E-state index contributed by atoms with van der Waals surface area (Å²) in [7, 11) is 0. The van der Waals surface area contributed by atoms with Gasteiger partial charge in [-0.15, -0.1) is 0 Å². The molecule has 0 saturated carbocycles. The van der Waals surface area contributed by atoms with E-state index in [4.69, 9.17) is 4.74 Å². The van der Waals surface area contributed by atoms with Crippen molar-refractivity contribution in [3.05, 3.63) is 35.6 Å². The first-order chi connectivity index (χ1) is 9.67. The largest absolute Gasteiger partial charge is 0.444 e. The second-order valence-corrected chi connectivity index (χ2v) is 5.70. The van der Waals surface area contributed by atoms with Gasteiger partial charge in [0, 0.05) is 0 Å². The molecule has 0 aliphatic rings. The van der Waals surface area contributed by atoms with Crippen LogP contribution in [0.2, 0.25) is 0 Å². The van der Waals surface area contributed by atoms with Gasteiger partial charge in [-0.1, -0.05) is 12.1 Å². The molecule has 6 heteroatoms. The molecule has 0 aliphatic heterocycles. The number of alkyl carbamates (subject to hydrolysis) is 1. The summed E-state index contributed by atoms with van der Waals surface area (Å²) < 4.78 is 17.8. The number of hydrogen-bond acceptors (Lipinski definition) is 3. The quantitative estimate of drug-likeness (QED) is 0.897. The molecule has 2 amide bonds. The summed E-state index contributed by atoms with van der Waals surface area (Å²) in [6.07, 6.45) is -0.646. The highest BCUT2D eigenvalue weighted by atomic mass is 19.1. The van der Waals surface area contributed by atoms with Crippen molar-refractivity contribution in [2.24, 2.45) is 0 Å². The van der Waals surface area contributed by atoms with E-state index in [9.17, 15) is 14.0 Å². The van der Waals surface area contributed by atoms with Gasteiger partial charge in [-0.05, 0) is 45.4 Å². The van der Waals surface area contributed by atoms with Crippen LogP contribution in [0.25, 0.3) is 0 Å². The van der Waals surface area contributed by atoms with Crippen molar-refractivity contribution in [2.45, 2.75) is 39.3 Å². The minimum atomic E-state index is -0.646. The van der Waals surface area contributed by atoms with E-state index in [1.54, 1.807) is 39.8 Å². The Bertz CT molecular complexity index is 495. The van der Waals surface area contributed by atoms with Gasteiger partial charge in [0.05, 0.1) is 6.04 Å². The van der Waals surface area contributed by atoms with Crippen LogP contribution in [0, 0.1) is 5.82 Å². The van der Waals surface area contributed by atoms with Gasteiger partial charge in [0.2, 0.25) is 5.91 Å². The first kappa shape index (κ1) is 16.9. The Balaban J connectivity index is 2.40. The molecule has 2 N–H and O–H groups in total. The van der Waals surface area contributed by atoms with Gasteiger partial charge in [0.25, 0.3) is 0 Å². The average molecular weight is 296 g/mol. The van der Waals surface area contributed by atoms with Crippen LogP contribution in [0.5, 0.6) is 0 Å². The molecule has 0 aliphatic carbocycles. The maximum Gasteiger partial charge on any atom is 0.408 e. The van der Waals surface area contributed by atoms with Crippen molar-refractivity contribution in [3.63, 3.8) is 0 Å².